The molecule has 2 N–H and O–H groups in total. The molecule has 0 atom stereocenters. The number of rotatable bonds is 3. The predicted molar refractivity (Wildman–Crippen MR) is 104 cm³/mol. The van der Waals surface area contributed by atoms with Crippen molar-refractivity contribution in [2.45, 2.75) is 0 Å². The third-order valence-corrected chi connectivity index (χ3v) is 4.75. The maximum atomic E-state index is 13.6. The van der Waals surface area contributed by atoms with Crippen LogP contribution in [-0.4, -0.2) is 22.6 Å². The van der Waals surface area contributed by atoms with E-state index < -0.39 is 17.6 Å². The molecule has 4 aromatic rings. The topological polar surface area (TPSA) is 107 Å². The van der Waals surface area contributed by atoms with Gasteiger partial charge in [-0.3, -0.25) is 0 Å². The highest BCUT2D eigenvalue weighted by Crippen LogP contribution is 2.33. The van der Waals surface area contributed by atoms with Crippen molar-refractivity contribution in [2.75, 3.05) is 12.8 Å². The summed E-state index contributed by atoms with van der Waals surface area (Å²) in [4.78, 5) is 16.4. The molecule has 0 saturated heterocycles. The number of hydrogen-bond acceptors (Lipinski definition) is 6. The van der Waals surface area contributed by atoms with E-state index in [9.17, 15) is 18.8 Å². The Kier molecular flexibility index (Phi) is 4.64. The fraction of sp³-hybridized carbons (Fsp3) is 0.0500. The van der Waals surface area contributed by atoms with Crippen LogP contribution in [0, 0.1) is 23.0 Å². The quantitative estimate of drug-likeness (QED) is 0.381. The Morgan fingerprint density at radius 1 is 1.30 bits per heavy atom. The number of carbonyl (C=O) groups is 1. The van der Waals surface area contributed by atoms with Crippen molar-refractivity contribution in [1.82, 2.24) is 9.55 Å². The van der Waals surface area contributed by atoms with E-state index in [1.54, 1.807) is 18.2 Å². The highest BCUT2D eigenvalue weighted by atomic mass is 35.5. The maximum Gasteiger partial charge on any atom is 0.357 e. The molecule has 2 heterocycles. The summed E-state index contributed by atoms with van der Waals surface area (Å²) >= 11 is 5.99. The van der Waals surface area contributed by atoms with Crippen LogP contribution in [0.15, 0.2) is 40.9 Å². The van der Waals surface area contributed by atoms with E-state index in [2.05, 4.69) is 4.98 Å². The lowest BCUT2D eigenvalue weighted by Crippen LogP contribution is -2.11. The van der Waals surface area contributed by atoms with Crippen molar-refractivity contribution >= 4 is 34.4 Å². The van der Waals surface area contributed by atoms with Gasteiger partial charge in [-0.25, -0.2) is 18.6 Å². The number of nitrogen functional groups attached to an aromatic ring is 1. The Labute approximate surface area is 172 Å². The Morgan fingerprint density at radius 2 is 2.03 bits per heavy atom. The van der Waals surface area contributed by atoms with Gasteiger partial charge >= 0.3 is 5.97 Å². The second-order valence-electron chi connectivity index (χ2n) is 6.20. The number of halogens is 3. The number of fused-ring (bicyclic) bond motifs is 1. The molecule has 0 saturated carbocycles. The molecule has 7 nitrogen and oxygen atoms in total. The molecule has 0 amide bonds. The first-order chi connectivity index (χ1) is 14.3. The second-order valence-corrected chi connectivity index (χ2v) is 6.60. The zero-order chi connectivity index (χ0) is 21.6. The number of methoxy groups -OCH3 is 1. The van der Waals surface area contributed by atoms with Gasteiger partial charge in [-0.2, -0.15) is 5.26 Å². The van der Waals surface area contributed by atoms with Gasteiger partial charge in [-0.15, -0.1) is 0 Å². The molecular formula is C20H11ClF2N4O3. The molecule has 0 radical (unpaired) electrons. The minimum Gasteiger partial charge on any atom is -0.464 e. The number of anilines is 1. The molecule has 10 heteroatoms. The normalized spacial score (nSPS) is 10.9. The molecule has 0 aliphatic heterocycles. The fourth-order valence-electron chi connectivity index (χ4n) is 2.99. The molecule has 2 aromatic heterocycles. The van der Waals surface area contributed by atoms with Crippen LogP contribution in [0.25, 0.3) is 28.2 Å². The van der Waals surface area contributed by atoms with Gasteiger partial charge in [0.15, 0.2) is 22.9 Å². The van der Waals surface area contributed by atoms with Gasteiger partial charge in [0.25, 0.3) is 0 Å². The Bertz CT molecular complexity index is 1370. The monoisotopic (exact) mass is 428 g/mol. The van der Waals surface area contributed by atoms with Crippen LogP contribution in [0.1, 0.15) is 16.1 Å². The van der Waals surface area contributed by atoms with Crippen LogP contribution in [0.2, 0.25) is 5.02 Å². The molecule has 0 fully saturated rings. The summed E-state index contributed by atoms with van der Waals surface area (Å²) in [6.45, 7) is 0. The maximum absolute atomic E-state index is 13.6. The first-order valence-electron chi connectivity index (χ1n) is 8.39. The lowest BCUT2D eigenvalue weighted by Gasteiger charge is -2.08. The van der Waals surface area contributed by atoms with Crippen molar-refractivity contribution < 1.29 is 22.7 Å². The average molecular weight is 429 g/mol. The van der Waals surface area contributed by atoms with Gasteiger partial charge in [0.1, 0.15) is 11.6 Å². The summed E-state index contributed by atoms with van der Waals surface area (Å²) in [5.74, 6) is -2.91. The third-order valence-electron chi connectivity index (χ3n) is 4.43. The number of carbonyl (C=O) groups excluding carboxylic acids is 1. The van der Waals surface area contributed by atoms with Crippen LogP contribution < -0.4 is 5.73 Å². The molecule has 0 unspecified atom stereocenters. The SMILES string of the molecule is COC(=O)c1c(N)c(C#N)cn1-c1ccc2oc(-c3cc(F)c(F)cc3Cl)nc2c1. The number of hydrogen-bond donors (Lipinski definition) is 1. The highest BCUT2D eigenvalue weighted by molar-refractivity contribution is 6.33. The summed E-state index contributed by atoms with van der Waals surface area (Å²) in [6, 6.07) is 8.39. The minimum atomic E-state index is -1.09. The number of ether oxygens (including phenoxy) is 1. The minimum absolute atomic E-state index is 0.0102. The summed E-state index contributed by atoms with van der Waals surface area (Å²) in [7, 11) is 1.20. The van der Waals surface area contributed by atoms with E-state index in [-0.39, 0.29) is 33.4 Å². The van der Waals surface area contributed by atoms with E-state index in [1.165, 1.54) is 17.9 Å². The second kappa shape index (κ2) is 7.17. The van der Waals surface area contributed by atoms with Crippen LogP contribution in [0.4, 0.5) is 14.5 Å². The van der Waals surface area contributed by atoms with Crippen LogP contribution in [0.3, 0.4) is 0 Å². The van der Waals surface area contributed by atoms with E-state index in [1.807, 2.05) is 6.07 Å². The smallest absolute Gasteiger partial charge is 0.357 e. The molecule has 0 aliphatic rings. The van der Waals surface area contributed by atoms with Gasteiger partial charge in [-0.05, 0) is 30.3 Å². The van der Waals surface area contributed by atoms with Gasteiger partial charge < -0.3 is 19.5 Å². The molecular weight excluding hydrogens is 418 g/mol. The van der Waals surface area contributed by atoms with Gasteiger partial charge in [0.05, 0.1) is 28.9 Å². The molecule has 150 valence electrons. The van der Waals surface area contributed by atoms with Crippen LogP contribution in [-0.2, 0) is 4.74 Å². The number of nitrogens with zero attached hydrogens (tertiary/aromatic N) is 3. The number of benzene rings is 2. The molecule has 0 aliphatic carbocycles. The van der Waals surface area contributed by atoms with E-state index in [0.29, 0.717) is 16.8 Å². The predicted octanol–water partition coefficient (Wildman–Crippen LogP) is 4.46. The summed E-state index contributed by atoms with van der Waals surface area (Å²) < 4.78 is 38.7. The Hall–Kier alpha value is -3.90. The largest absolute Gasteiger partial charge is 0.464 e. The fourth-order valence-corrected chi connectivity index (χ4v) is 3.22. The molecule has 30 heavy (non-hydrogen) atoms. The van der Waals surface area contributed by atoms with Gasteiger partial charge in [-0.1, -0.05) is 11.6 Å². The molecule has 0 bridgehead atoms. The van der Waals surface area contributed by atoms with E-state index in [4.69, 9.17) is 26.5 Å². The van der Waals surface area contributed by atoms with E-state index >= 15 is 0 Å². The zero-order valence-electron chi connectivity index (χ0n) is 15.2. The average Bonchev–Trinajstić information content (AvgIpc) is 3.30. The molecule has 2 aromatic carbocycles. The van der Waals surface area contributed by atoms with Crippen LogP contribution in [0.5, 0.6) is 0 Å². The van der Waals surface area contributed by atoms with Crippen molar-refractivity contribution in [1.29, 1.82) is 5.26 Å². The number of nitrogens with two attached hydrogens (primary N) is 1. The van der Waals surface area contributed by atoms with E-state index in [0.717, 1.165) is 12.1 Å². The van der Waals surface area contributed by atoms with Crippen LogP contribution >= 0.6 is 11.6 Å². The summed E-state index contributed by atoms with van der Waals surface area (Å²) in [5.41, 5.74) is 7.21. The third kappa shape index (κ3) is 3.03. The zero-order valence-corrected chi connectivity index (χ0v) is 16.0. The number of esters is 1. The van der Waals surface area contributed by atoms with Gasteiger partial charge in [0.2, 0.25) is 5.89 Å². The summed E-state index contributed by atoms with van der Waals surface area (Å²) in [5, 5.41) is 9.17. The standard InChI is InChI=1S/C20H11ClF2N4O3/c1-29-20(28)18-17(25)9(7-24)8-27(18)10-2-3-16-15(4-10)26-19(30-16)11-5-13(22)14(23)6-12(11)21/h2-6,8H,25H2,1H3. The lowest BCUT2D eigenvalue weighted by atomic mass is 10.2. The van der Waals surface area contributed by atoms with Crippen molar-refractivity contribution in [3.05, 3.63) is 64.4 Å². The molecule has 0 spiro atoms. The Balaban J connectivity index is 1.86. The number of nitriles is 1. The van der Waals surface area contributed by atoms with Crippen molar-refractivity contribution in [3.63, 3.8) is 0 Å². The lowest BCUT2D eigenvalue weighted by molar-refractivity contribution is 0.0593. The Morgan fingerprint density at radius 3 is 2.73 bits per heavy atom. The molecule has 4 rings (SSSR count). The number of oxazole rings is 1. The van der Waals surface area contributed by atoms with Gasteiger partial charge in [0, 0.05) is 11.9 Å². The first-order valence-corrected chi connectivity index (χ1v) is 8.77. The van der Waals surface area contributed by atoms with Crippen molar-refractivity contribution in [2.24, 2.45) is 0 Å². The number of aromatic nitrogens is 2. The van der Waals surface area contributed by atoms with Crippen molar-refractivity contribution in [3.8, 4) is 23.2 Å². The first kappa shape index (κ1) is 19.4. The summed E-state index contributed by atoms with van der Waals surface area (Å²) in [6.07, 6.45) is 1.40. The highest BCUT2D eigenvalue weighted by Gasteiger charge is 2.22.